The van der Waals surface area contributed by atoms with E-state index in [0.29, 0.717) is 12.6 Å². The summed E-state index contributed by atoms with van der Waals surface area (Å²) in [5, 5.41) is 9.27. The van der Waals surface area contributed by atoms with Crippen LogP contribution in [0.3, 0.4) is 0 Å². The first kappa shape index (κ1) is 14.4. The van der Waals surface area contributed by atoms with Gasteiger partial charge in [-0.1, -0.05) is 19.1 Å². The molecular formula is C15H23FN2O. The number of nitrogens with two attached hydrogens (primary N) is 1. The number of benzene rings is 1. The Balaban J connectivity index is 2.25. The minimum atomic E-state index is -0.229. The molecule has 0 amide bonds. The maximum atomic E-state index is 13.1. The molecule has 4 heteroatoms. The van der Waals surface area contributed by atoms with Crippen LogP contribution in [-0.4, -0.2) is 35.2 Å². The zero-order chi connectivity index (χ0) is 13.8. The molecule has 106 valence electrons. The average Bonchev–Trinajstić information content (AvgIpc) is 3.24. The molecule has 3 nitrogen and oxygen atoms in total. The zero-order valence-corrected chi connectivity index (χ0v) is 11.4. The van der Waals surface area contributed by atoms with Crippen molar-refractivity contribution >= 4 is 0 Å². The van der Waals surface area contributed by atoms with E-state index in [-0.39, 0.29) is 24.5 Å². The van der Waals surface area contributed by atoms with Crippen LogP contribution in [0.25, 0.3) is 0 Å². The lowest BCUT2D eigenvalue weighted by Crippen LogP contribution is -2.43. The summed E-state index contributed by atoms with van der Waals surface area (Å²) in [6, 6.07) is 7.15. The van der Waals surface area contributed by atoms with Crippen molar-refractivity contribution < 1.29 is 9.50 Å². The van der Waals surface area contributed by atoms with Crippen molar-refractivity contribution in [1.29, 1.82) is 0 Å². The monoisotopic (exact) mass is 266 g/mol. The van der Waals surface area contributed by atoms with E-state index in [2.05, 4.69) is 11.8 Å². The van der Waals surface area contributed by atoms with Crippen LogP contribution in [0, 0.1) is 5.82 Å². The Morgan fingerprint density at radius 2 is 2.00 bits per heavy atom. The van der Waals surface area contributed by atoms with Gasteiger partial charge in [0.05, 0.1) is 12.6 Å². The summed E-state index contributed by atoms with van der Waals surface area (Å²) < 4.78 is 13.1. The van der Waals surface area contributed by atoms with E-state index in [0.717, 1.165) is 24.8 Å². The molecule has 2 unspecified atom stereocenters. The second-order valence-corrected chi connectivity index (χ2v) is 5.26. The lowest BCUT2D eigenvalue weighted by atomic mass is 9.96. The first-order valence-electron chi connectivity index (χ1n) is 7.05. The number of halogens is 1. The highest BCUT2D eigenvalue weighted by atomic mass is 19.1. The maximum Gasteiger partial charge on any atom is 0.123 e. The normalized spacial score (nSPS) is 18.6. The molecule has 0 heterocycles. The summed E-state index contributed by atoms with van der Waals surface area (Å²) in [4.78, 5) is 2.28. The summed E-state index contributed by atoms with van der Waals surface area (Å²) in [5.41, 5.74) is 7.31. The summed E-state index contributed by atoms with van der Waals surface area (Å²) in [5.74, 6) is -0.229. The van der Waals surface area contributed by atoms with Gasteiger partial charge in [0, 0.05) is 18.6 Å². The lowest BCUT2D eigenvalue weighted by molar-refractivity contribution is 0.124. The molecule has 19 heavy (non-hydrogen) atoms. The Hall–Kier alpha value is -0.970. The van der Waals surface area contributed by atoms with Gasteiger partial charge in [-0.25, -0.2) is 4.39 Å². The Bertz CT molecular complexity index is 392. The van der Waals surface area contributed by atoms with E-state index in [1.165, 1.54) is 12.1 Å². The van der Waals surface area contributed by atoms with Gasteiger partial charge in [-0.15, -0.1) is 0 Å². The van der Waals surface area contributed by atoms with Crippen molar-refractivity contribution in [1.82, 2.24) is 4.90 Å². The van der Waals surface area contributed by atoms with E-state index in [4.69, 9.17) is 5.73 Å². The van der Waals surface area contributed by atoms with Crippen molar-refractivity contribution in [2.75, 3.05) is 13.2 Å². The number of nitrogens with zero attached hydrogens (tertiary/aromatic N) is 1. The summed E-state index contributed by atoms with van der Waals surface area (Å²) in [7, 11) is 0. The number of rotatable bonds is 7. The molecule has 2 atom stereocenters. The zero-order valence-electron chi connectivity index (χ0n) is 11.4. The predicted molar refractivity (Wildman–Crippen MR) is 74.2 cm³/mol. The molecule has 0 bridgehead atoms. The highest BCUT2D eigenvalue weighted by Crippen LogP contribution is 2.36. The molecule has 1 aliphatic carbocycles. The van der Waals surface area contributed by atoms with Crippen molar-refractivity contribution in [3.05, 3.63) is 35.6 Å². The number of hydrogen-bond donors (Lipinski definition) is 2. The fourth-order valence-electron chi connectivity index (χ4n) is 2.64. The number of hydrogen-bond acceptors (Lipinski definition) is 3. The molecule has 0 radical (unpaired) electrons. The van der Waals surface area contributed by atoms with Gasteiger partial charge in [0.15, 0.2) is 0 Å². The van der Waals surface area contributed by atoms with Crippen LogP contribution in [0.15, 0.2) is 24.3 Å². The fourth-order valence-corrected chi connectivity index (χ4v) is 2.64. The quantitative estimate of drug-likeness (QED) is 0.794. The van der Waals surface area contributed by atoms with Crippen LogP contribution < -0.4 is 5.73 Å². The first-order chi connectivity index (χ1) is 9.17. The van der Waals surface area contributed by atoms with Crippen LogP contribution in [0.5, 0.6) is 0 Å². The summed E-state index contributed by atoms with van der Waals surface area (Å²) >= 11 is 0. The molecule has 1 aromatic rings. The van der Waals surface area contributed by atoms with Gasteiger partial charge >= 0.3 is 0 Å². The molecule has 0 spiro atoms. The highest BCUT2D eigenvalue weighted by molar-refractivity contribution is 5.22. The Kier molecular flexibility index (Phi) is 4.91. The van der Waals surface area contributed by atoms with E-state index >= 15 is 0 Å². The molecule has 0 saturated heterocycles. The lowest BCUT2D eigenvalue weighted by Gasteiger charge is -2.35. The molecule has 1 aliphatic rings. The van der Waals surface area contributed by atoms with E-state index < -0.39 is 0 Å². The largest absolute Gasteiger partial charge is 0.395 e. The van der Waals surface area contributed by atoms with Gasteiger partial charge in [-0.05, 0) is 37.0 Å². The molecule has 2 rings (SSSR count). The van der Waals surface area contributed by atoms with E-state index in [1.807, 2.05) is 12.1 Å². The second-order valence-electron chi connectivity index (χ2n) is 5.26. The third kappa shape index (κ3) is 3.53. The van der Waals surface area contributed by atoms with Crippen LogP contribution in [0.2, 0.25) is 0 Å². The second kappa shape index (κ2) is 6.46. The maximum absolute atomic E-state index is 13.1. The third-order valence-corrected chi connectivity index (χ3v) is 3.82. The molecular weight excluding hydrogens is 243 g/mol. The average molecular weight is 266 g/mol. The Labute approximate surface area is 114 Å². The molecule has 1 saturated carbocycles. The third-order valence-electron chi connectivity index (χ3n) is 3.82. The smallest absolute Gasteiger partial charge is 0.123 e. The van der Waals surface area contributed by atoms with Crippen LogP contribution in [0.4, 0.5) is 4.39 Å². The Morgan fingerprint density at radius 1 is 1.37 bits per heavy atom. The van der Waals surface area contributed by atoms with Crippen molar-refractivity contribution in [2.24, 2.45) is 5.73 Å². The first-order valence-corrected chi connectivity index (χ1v) is 7.05. The summed E-state index contributed by atoms with van der Waals surface area (Å²) in [6.45, 7) is 2.82. The van der Waals surface area contributed by atoms with Crippen LogP contribution >= 0.6 is 0 Å². The van der Waals surface area contributed by atoms with Gasteiger partial charge in [0.1, 0.15) is 5.82 Å². The minimum Gasteiger partial charge on any atom is -0.395 e. The van der Waals surface area contributed by atoms with Gasteiger partial charge in [0.2, 0.25) is 0 Å². The highest BCUT2D eigenvalue weighted by Gasteiger charge is 2.36. The minimum absolute atomic E-state index is 0.00221. The van der Waals surface area contributed by atoms with E-state index in [9.17, 15) is 9.50 Å². The van der Waals surface area contributed by atoms with E-state index in [1.54, 1.807) is 0 Å². The SMILES string of the molecule is CCC(N)C(c1ccc(F)cc1)N(CCO)C1CC1. The Morgan fingerprint density at radius 3 is 2.47 bits per heavy atom. The van der Waals surface area contributed by atoms with Crippen molar-refractivity contribution in [3.63, 3.8) is 0 Å². The van der Waals surface area contributed by atoms with Gasteiger partial charge in [0.25, 0.3) is 0 Å². The fraction of sp³-hybridized carbons (Fsp3) is 0.600. The predicted octanol–water partition coefficient (Wildman–Crippen LogP) is 2.06. The molecule has 1 aromatic carbocycles. The van der Waals surface area contributed by atoms with Crippen molar-refractivity contribution in [2.45, 2.75) is 44.3 Å². The molecule has 0 aromatic heterocycles. The van der Waals surface area contributed by atoms with Crippen LogP contribution in [-0.2, 0) is 0 Å². The van der Waals surface area contributed by atoms with Crippen LogP contribution in [0.1, 0.15) is 37.8 Å². The topological polar surface area (TPSA) is 49.5 Å². The molecule has 3 N–H and O–H groups in total. The van der Waals surface area contributed by atoms with Gasteiger partial charge < -0.3 is 10.8 Å². The molecule has 0 aliphatic heterocycles. The summed E-state index contributed by atoms with van der Waals surface area (Å²) in [6.07, 6.45) is 3.18. The van der Waals surface area contributed by atoms with Gasteiger partial charge in [-0.2, -0.15) is 0 Å². The number of aliphatic hydroxyl groups is 1. The standard InChI is InChI=1S/C15H23FN2O/c1-2-14(17)15(11-3-5-12(16)6-4-11)18(9-10-19)13-7-8-13/h3-6,13-15,19H,2,7-10,17H2,1H3. The van der Waals surface area contributed by atoms with Gasteiger partial charge in [-0.3, -0.25) is 4.90 Å². The van der Waals surface area contributed by atoms with Crippen molar-refractivity contribution in [3.8, 4) is 0 Å². The number of aliphatic hydroxyl groups excluding tert-OH is 1. The molecule has 1 fully saturated rings.